The molecule has 0 aliphatic carbocycles. The van der Waals surface area contributed by atoms with E-state index in [-0.39, 0.29) is 10.8 Å². The van der Waals surface area contributed by atoms with Gasteiger partial charge in [-0.3, -0.25) is 4.57 Å². The van der Waals surface area contributed by atoms with Crippen LogP contribution in [0.25, 0.3) is 0 Å². The lowest BCUT2D eigenvalue weighted by Crippen LogP contribution is -2.27. The van der Waals surface area contributed by atoms with E-state index in [0.717, 1.165) is 16.7 Å². The van der Waals surface area contributed by atoms with Crippen LogP contribution >= 0.6 is 7.60 Å². The van der Waals surface area contributed by atoms with Crippen LogP contribution in [-0.4, -0.2) is 14.2 Å². The summed E-state index contributed by atoms with van der Waals surface area (Å²) in [6, 6.07) is 3.96. The first kappa shape index (κ1) is 18.4. The third-order valence-corrected chi connectivity index (χ3v) is 5.53. The second kappa shape index (κ2) is 5.87. The number of hydrogen-bond donors (Lipinski definition) is 0. The summed E-state index contributed by atoms with van der Waals surface area (Å²) in [5, 5.41) is 0.636. The molecule has 0 amide bonds. The first-order valence-electron chi connectivity index (χ1n) is 7.10. The van der Waals surface area contributed by atoms with E-state index in [1.165, 1.54) is 14.2 Å². The molecule has 0 bridgehead atoms. The van der Waals surface area contributed by atoms with Crippen molar-refractivity contribution in [2.24, 2.45) is 0 Å². The molecule has 0 spiro atoms. The van der Waals surface area contributed by atoms with Gasteiger partial charge in [-0.05, 0) is 40.5 Å². The zero-order valence-corrected chi connectivity index (χ0v) is 15.4. The summed E-state index contributed by atoms with van der Waals surface area (Å²) in [5.74, 6) is 0. The predicted molar refractivity (Wildman–Crippen MR) is 89.6 cm³/mol. The van der Waals surface area contributed by atoms with Crippen LogP contribution in [-0.2, 0) is 24.4 Å². The normalized spacial score (nSPS) is 13.6. The van der Waals surface area contributed by atoms with Gasteiger partial charge in [0.1, 0.15) is 0 Å². The van der Waals surface area contributed by atoms with Crippen molar-refractivity contribution in [3.63, 3.8) is 0 Å². The molecule has 0 fully saturated rings. The highest BCUT2D eigenvalue weighted by molar-refractivity contribution is 7.62. The lowest BCUT2D eigenvalue weighted by molar-refractivity contribution is 0.286. The second-order valence-corrected chi connectivity index (χ2v) is 9.60. The first-order chi connectivity index (χ1) is 9.36. The minimum Gasteiger partial charge on any atom is -0.309 e. The van der Waals surface area contributed by atoms with Crippen molar-refractivity contribution >= 4 is 12.9 Å². The molecule has 0 saturated carbocycles. The van der Waals surface area contributed by atoms with Gasteiger partial charge in [-0.1, -0.05) is 47.6 Å². The predicted octanol–water partition coefficient (Wildman–Crippen LogP) is 4.57. The minimum atomic E-state index is -3.31. The van der Waals surface area contributed by atoms with E-state index >= 15 is 0 Å². The molecule has 0 saturated heterocycles. The van der Waals surface area contributed by atoms with Crippen LogP contribution in [0.3, 0.4) is 0 Å². The molecule has 1 rings (SSSR count). The van der Waals surface area contributed by atoms with Crippen LogP contribution in [0.5, 0.6) is 0 Å². The Hall–Kier alpha value is -0.630. The van der Waals surface area contributed by atoms with E-state index in [1.807, 2.05) is 12.1 Å². The maximum absolute atomic E-state index is 12.9. The summed E-state index contributed by atoms with van der Waals surface area (Å²) in [6.07, 6.45) is 0. The van der Waals surface area contributed by atoms with Crippen LogP contribution < -0.4 is 5.30 Å². The second-order valence-electron chi connectivity index (χ2n) is 7.39. The van der Waals surface area contributed by atoms with Crippen molar-refractivity contribution in [1.29, 1.82) is 0 Å². The minimum absolute atomic E-state index is 0.0887. The van der Waals surface area contributed by atoms with Crippen LogP contribution in [0.4, 0.5) is 0 Å². The average molecular weight is 311 g/mol. The maximum atomic E-state index is 12.9. The van der Waals surface area contributed by atoms with Crippen molar-refractivity contribution in [2.45, 2.75) is 52.4 Å². The molecule has 0 aliphatic rings. The van der Waals surface area contributed by atoms with Crippen LogP contribution in [0, 0.1) is 6.92 Å². The molecule has 0 aromatic heterocycles. The Balaban J connectivity index is 3.77. The average Bonchev–Trinajstić information content (AvgIpc) is 2.35. The van der Waals surface area contributed by atoms with Gasteiger partial charge in [-0.2, -0.15) is 0 Å². The summed E-state index contributed by atoms with van der Waals surface area (Å²) in [6.45, 7) is 16.7. The molecule has 4 heteroatoms. The Morgan fingerprint density at radius 1 is 0.905 bits per heavy atom. The lowest BCUT2D eigenvalue weighted by Gasteiger charge is -2.30. The van der Waals surface area contributed by atoms with Gasteiger partial charge in [0, 0.05) is 14.2 Å². The maximum Gasteiger partial charge on any atom is 0.361 e. The standard InChI is InChI=1S/C17H28O3P/c1-12-10-14(17(5,6)7)15(21(18,19-8)20-9)11-13(12)16(2,3)4/h10-11H,1H2,2-9H3. The Morgan fingerprint density at radius 3 is 1.67 bits per heavy atom. The van der Waals surface area contributed by atoms with Gasteiger partial charge in [0.05, 0.1) is 5.30 Å². The topological polar surface area (TPSA) is 35.5 Å². The molecule has 1 radical (unpaired) electrons. The highest BCUT2D eigenvalue weighted by Gasteiger charge is 2.34. The molecule has 0 unspecified atom stereocenters. The van der Waals surface area contributed by atoms with E-state index in [4.69, 9.17) is 9.05 Å². The summed E-state index contributed by atoms with van der Waals surface area (Å²) in [5.41, 5.74) is 2.70. The van der Waals surface area contributed by atoms with E-state index < -0.39 is 7.60 Å². The monoisotopic (exact) mass is 311 g/mol. The number of hydrogen-bond acceptors (Lipinski definition) is 3. The molecule has 0 aliphatic heterocycles. The molecule has 0 N–H and O–H groups in total. The van der Waals surface area contributed by atoms with E-state index in [2.05, 4.69) is 48.5 Å². The van der Waals surface area contributed by atoms with Gasteiger partial charge in [0.15, 0.2) is 0 Å². The zero-order chi connectivity index (χ0) is 16.6. The SMILES string of the molecule is [CH2]c1cc(C(C)(C)C)c(P(=O)(OC)OC)cc1C(C)(C)C. The lowest BCUT2D eigenvalue weighted by atomic mass is 9.79. The van der Waals surface area contributed by atoms with Crippen molar-refractivity contribution in [3.05, 3.63) is 35.7 Å². The number of benzene rings is 1. The summed E-state index contributed by atoms with van der Waals surface area (Å²) < 4.78 is 23.4. The fourth-order valence-corrected chi connectivity index (χ4v) is 3.95. The van der Waals surface area contributed by atoms with Crippen molar-refractivity contribution in [2.75, 3.05) is 14.2 Å². The Morgan fingerprint density at radius 2 is 1.33 bits per heavy atom. The van der Waals surface area contributed by atoms with Gasteiger partial charge >= 0.3 is 7.60 Å². The fourth-order valence-electron chi connectivity index (χ4n) is 2.43. The zero-order valence-electron chi connectivity index (χ0n) is 14.5. The summed E-state index contributed by atoms with van der Waals surface area (Å²) >= 11 is 0. The quantitative estimate of drug-likeness (QED) is 0.767. The van der Waals surface area contributed by atoms with Crippen LogP contribution in [0.2, 0.25) is 0 Å². The molecular weight excluding hydrogens is 283 g/mol. The summed E-state index contributed by atoms with van der Waals surface area (Å²) in [7, 11) is -0.467. The smallest absolute Gasteiger partial charge is 0.309 e. The highest BCUT2D eigenvalue weighted by Crippen LogP contribution is 2.48. The van der Waals surface area contributed by atoms with Gasteiger partial charge < -0.3 is 9.05 Å². The third-order valence-electron chi connectivity index (χ3n) is 3.61. The van der Waals surface area contributed by atoms with Crippen molar-refractivity contribution < 1.29 is 13.6 Å². The highest BCUT2D eigenvalue weighted by atomic mass is 31.2. The van der Waals surface area contributed by atoms with E-state index in [9.17, 15) is 4.57 Å². The molecule has 0 atom stereocenters. The van der Waals surface area contributed by atoms with Gasteiger partial charge in [0.2, 0.25) is 0 Å². The molecule has 1 aromatic carbocycles. The Labute approximate surface area is 129 Å². The molecule has 0 heterocycles. The van der Waals surface area contributed by atoms with Crippen LogP contribution in [0.1, 0.15) is 58.2 Å². The molecule has 21 heavy (non-hydrogen) atoms. The van der Waals surface area contributed by atoms with Gasteiger partial charge in [-0.15, -0.1) is 0 Å². The molecule has 1 aromatic rings. The van der Waals surface area contributed by atoms with Crippen molar-refractivity contribution in [1.82, 2.24) is 0 Å². The molecular formula is C17H28O3P. The largest absolute Gasteiger partial charge is 0.361 e. The molecule has 3 nitrogen and oxygen atoms in total. The Bertz CT molecular complexity index is 555. The fraction of sp³-hybridized carbons (Fsp3) is 0.588. The Kier molecular flexibility index (Phi) is 5.15. The van der Waals surface area contributed by atoms with E-state index in [1.54, 1.807) is 0 Å². The first-order valence-corrected chi connectivity index (χ1v) is 8.64. The summed E-state index contributed by atoms with van der Waals surface area (Å²) in [4.78, 5) is 0. The third kappa shape index (κ3) is 3.77. The van der Waals surface area contributed by atoms with Gasteiger partial charge in [-0.25, -0.2) is 0 Å². The van der Waals surface area contributed by atoms with Gasteiger partial charge in [0.25, 0.3) is 0 Å². The molecule has 119 valence electrons. The number of rotatable bonds is 3. The van der Waals surface area contributed by atoms with Crippen LogP contribution in [0.15, 0.2) is 12.1 Å². The van der Waals surface area contributed by atoms with E-state index in [0.29, 0.717) is 5.30 Å². The van der Waals surface area contributed by atoms with Crippen molar-refractivity contribution in [3.8, 4) is 0 Å².